The van der Waals surface area contributed by atoms with Crippen LogP contribution in [0.5, 0.6) is 5.75 Å². The molecule has 5 aliphatic rings. The van der Waals surface area contributed by atoms with Crippen LogP contribution in [0.3, 0.4) is 0 Å². The Labute approximate surface area is 198 Å². The molecule has 2 aliphatic heterocycles. The van der Waals surface area contributed by atoms with Gasteiger partial charge < -0.3 is 16.2 Å². The van der Waals surface area contributed by atoms with Gasteiger partial charge in [-0.25, -0.2) is 4.99 Å². The highest BCUT2D eigenvalue weighted by atomic mass is 16.3. The highest BCUT2D eigenvalue weighted by molar-refractivity contribution is 6.23. The molecule has 2 bridgehead atoms. The van der Waals surface area contributed by atoms with E-state index in [-0.39, 0.29) is 29.2 Å². The molecule has 1 unspecified atom stereocenters. The van der Waals surface area contributed by atoms with Crippen molar-refractivity contribution in [2.24, 2.45) is 28.5 Å². The van der Waals surface area contributed by atoms with Crippen LogP contribution in [0.25, 0.3) is 0 Å². The number of piperidine rings is 1. The highest BCUT2D eigenvalue weighted by Gasteiger charge is 2.57. The van der Waals surface area contributed by atoms with Gasteiger partial charge in [0.15, 0.2) is 0 Å². The van der Waals surface area contributed by atoms with Crippen molar-refractivity contribution in [2.45, 2.75) is 50.0 Å². The summed E-state index contributed by atoms with van der Waals surface area (Å²) in [4.78, 5) is 43.4. The average Bonchev–Trinajstić information content (AvgIpc) is 3.62. The zero-order valence-electron chi connectivity index (χ0n) is 19.1. The van der Waals surface area contributed by atoms with Gasteiger partial charge in [-0.3, -0.25) is 19.3 Å². The maximum Gasteiger partial charge on any atom is 0.282 e. The van der Waals surface area contributed by atoms with E-state index in [9.17, 15) is 19.5 Å². The number of aromatic hydroxyl groups is 1. The van der Waals surface area contributed by atoms with Crippen molar-refractivity contribution in [3.63, 3.8) is 0 Å². The molecule has 3 amide bonds. The number of benzene rings is 1. The third-order valence-corrected chi connectivity index (χ3v) is 8.68. The van der Waals surface area contributed by atoms with E-state index in [2.05, 4.69) is 21.3 Å². The molecule has 4 N–H and O–H groups in total. The number of primary amides is 1. The van der Waals surface area contributed by atoms with Gasteiger partial charge in [0.1, 0.15) is 11.3 Å². The minimum atomic E-state index is -0.659. The van der Waals surface area contributed by atoms with Crippen molar-refractivity contribution in [3.8, 4) is 5.75 Å². The summed E-state index contributed by atoms with van der Waals surface area (Å²) >= 11 is 0. The minimum Gasteiger partial charge on any atom is -0.508 e. The molecule has 2 saturated carbocycles. The lowest BCUT2D eigenvalue weighted by Gasteiger charge is -2.60. The van der Waals surface area contributed by atoms with Gasteiger partial charge in [0, 0.05) is 29.6 Å². The Morgan fingerprint density at radius 2 is 2.12 bits per heavy atom. The third-order valence-electron chi connectivity index (χ3n) is 8.68. The van der Waals surface area contributed by atoms with E-state index in [4.69, 9.17) is 5.73 Å². The molecule has 6 rings (SSSR count). The number of nitrogens with two attached hydrogens (primary N) is 1. The van der Waals surface area contributed by atoms with Crippen molar-refractivity contribution in [1.29, 1.82) is 0 Å². The van der Waals surface area contributed by atoms with Gasteiger partial charge >= 0.3 is 0 Å². The van der Waals surface area contributed by atoms with Gasteiger partial charge in [0.2, 0.25) is 5.91 Å². The third kappa shape index (κ3) is 3.47. The molecule has 1 aromatic carbocycles. The Hall–Kier alpha value is -3.00. The minimum absolute atomic E-state index is 0.000185. The van der Waals surface area contributed by atoms with Crippen molar-refractivity contribution >= 4 is 23.4 Å². The standard InChI is InChI=1S/C26H30N4O4/c27-23(32)12-28-24(33)18-7-16-8-20-22-9-15-3-4-17(31)10-19(15)26(20,11-21(16)29-25(18)34)5-6-30(22)13-14-1-2-14/h3-4,7,10,14,16,20,22,31H,1-2,5-6,8-9,11-13H2,(H2,27,32)(H,28,33)/t16?,20-,22+,26+/m0/s1. The Bertz CT molecular complexity index is 1150. The molecule has 34 heavy (non-hydrogen) atoms. The molecule has 0 spiro atoms. The van der Waals surface area contributed by atoms with Crippen LogP contribution in [0.2, 0.25) is 0 Å². The van der Waals surface area contributed by atoms with E-state index in [0.717, 1.165) is 44.0 Å². The number of hydrogen-bond acceptors (Lipinski definition) is 5. The maximum absolute atomic E-state index is 12.8. The monoisotopic (exact) mass is 462 g/mol. The van der Waals surface area contributed by atoms with Crippen molar-refractivity contribution < 1.29 is 19.5 Å². The van der Waals surface area contributed by atoms with Crippen LogP contribution in [0, 0.1) is 17.8 Å². The number of carbonyl (C=O) groups excluding carboxylic acids is 3. The molecule has 1 saturated heterocycles. The van der Waals surface area contributed by atoms with E-state index >= 15 is 0 Å². The number of aliphatic imine (C=N–C) groups is 1. The summed E-state index contributed by atoms with van der Waals surface area (Å²) < 4.78 is 0. The highest BCUT2D eigenvalue weighted by Crippen LogP contribution is 2.57. The zero-order chi connectivity index (χ0) is 23.6. The first kappa shape index (κ1) is 21.5. The number of phenols is 1. The van der Waals surface area contributed by atoms with Gasteiger partial charge in [-0.05, 0) is 80.2 Å². The average molecular weight is 463 g/mol. The maximum atomic E-state index is 12.8. The number of carbonyl (C=O) groups is 3. The van der Waals surface area contributed by atoms with Crippen LogP contribution in [-0.4, -0.2) is 59.1 Å². The lowest BCUT2D eigenvalue weighted by atomic mass is 9.50. The molecule has 0 aromatic heterocycles. The zero-order valence-corrected chi connectivity index (χ0v) is 19.1. The largest absolute Gasteiger partial charge is 0.508 e. The number of nitrogens with zero attached hydrogens (tertiary/aromatic N) is 2. The predicted octanol–water partition coefficient (Wildman–Crippen LogP) is 1.21. The van der Waals surface area contributed by atoms with E-state index in [0.29, 0.717) is 18.4 Å². The SMILES string of the molecule is NC(=O)CNC(=O)C1=CC2C[C@H]3[C@H]4Cc5ccc(O)cc5[C@@]3(CCN4CC3CC3)CC2=NC1=O. The second-order valence-corrected chi connectivity index (χ2v) is 10.7. The number of amides is 3. The summed E-state index contributed by atoms with van der Waals surface area (Å²) in [5.74, 6) is -0.442. The van der Waals surface area contributed by atoms with Crippen molar-refractivity contribution in [2.75, 3.05) is 19.6 Å². The summed E-state index contributed by atoms with van der Waals surface area (Å²) in [6.45, 7) is 1.86. The fourth-order valence-corrected chi connectivity index (χ4v) is 6.96. The molecule has 3 aliphatic carbocycles. The van der Waals surface area contributed by atoms with Crippen molar-refractivity contribution in [3.05, 3.63) is 41.0 Å². The Balaban J connectivity index is 1.36. The quantitative estimate of drug-likeness (QED) is 0.567. The smallest absolute Gasteiger partial charge is 0.282 e. The number of nitrogens with one attached hydrogen (secondary N) is 1. The number of fused-ring (bicyclic) bond motifs is 2. The fraction of sp³-hybridized carbons (Fsp3) is 0.538. The number of rotatable bonds is 5. The van der Waals surface area contributed by atoms with E-state index in [1.807, 2.05) is 6.07 Å². The first-order valence-corrected chi connectivity index (χ1v) is 12.3. The van der Waals surface area contributed by atoms with Gasteiger partial charge in [-0.1, -0.05) is 12.1 Å². The van der Waals surface area contributed by atoms with Crippen LogP contribution < -0.4 is 11.1 Å². The Morgan fingerprint density at radius 1 is 1.29 bits per heavy atom. The number of hydrogen-bond donors (Lipinski definition) is 3. The van der Waals surface area contributed by atoms with E-state index < -0.39 is 17.7 Å². The first-order valence-electron chi connectivity index (χ1n) is 12.3. The first-order chi connectivity index (χ1) is 16.3. The van der Waals surface area contributed by atoms with Gasteiger partial charge in [0.25, 0.3) is 11.8 Å². The normalized spacial score (nSPS) is 32.0. The number of phenolic OH excluding ortho intramolecular Hbond substituents is 1. The van der Waals surface area contributed by atoms with Crippen LogP contribution >= 0.6 is 0 Å². The summed E-state index contributed by atoms with van der Waals surface area (Å²) in [5, 5.41) is 12.7. The van der Waals surface area contributed by atoms with Crippen LogP contribution in [0.1, 0.15) is 43.2 Å². The lowest BCUT2D eigenvalue weighted by Crippen LogP contribution is -2.63. The molecule has 4 atom stereocenters. The topological polar surface area (TPSA) is 125 Å². The van der Waals surface area contributed by atoms with Crippen molar-refractivity contribution in [1.82, 2.24) is 10.2 Å². The number of likely N-dealkylation sites (tertiary alicyclic amines) is 1. The van der Waals surface area contributed by atoms with Crippen LogP contribution in [0.4, 0.5) is 0 Å². The predicted molar refractivity (Wildman–Crippen MR) is 125 cm³/mol. The molecule has 178 valence electrons. The summed E-state index contributed by atoms with van der Waals surface area (Å²) in [6.07, 6.45) is 7.82. The van der Waals surface area contributed by atoms with Gasteiger partial charge in [0.05, 0.1) is 6.54 Å². The van der Waals surface area contributed by atoms with Crippen LogP contribution in [-0.2, 0) is 26.2 Å². The molecule has 8 nitrogen and oxygen atoms in total. The number of dihydropyridines is 1. The second-order valence-electron chi connectivity index (χ2n) is 10.7. The summed E-state index contributed by atoms with van der Waals surface area (Å²) in [7, 11) is 0. The molecule has 1 aromatic rings. The van der Waals surface area contributed by atoms with E-state index in [1.54, 1.807) is 12.1 Å². The fourth-order valence-electron chi connectivity index (χ4n) is 6.96. The molecule has 8 heteroatoms. The second kappa shape index (κ2) is 7.77. The lowest BCUT2D eigenvalue weighted by molar-refractivity contribution is -0.125. The molecule has 0 radical (unpaired) electrons. The van der Waals surface area contributed by atoms with Crippen LogP contribution in [0.15, 0.2) is 34.8 Å². The molecular formula is C26H30N4O4. The van der Waals surface area contributed by atoms with E-state index in [1.165, 1.54) is 24.0 Å². The summed E-state index contributed by atoms with van der Waals surface area (Å²) in [5.41, 5.74) is 8.32. The molecule has 2 heterocycles. The molecular weight excluding hydrogens is 432 g/mol. The molecule has 3 fully saturated rings. The summed E-state index contributed by atoms with van der Waals surface area (Å²) in [6, 6.07) is 6.19. The Kier molecular flexibility index (Phi) is 4.92. The van der Waals surface area contributed by atoms with Gasteiger partial charge in [-0.2, -0.15) is 0 Å². The van der Waals surface area contributed by atoms with Gasteiger partial charge in [-0.15, -0.1) is 0 Å². The Morgan fingerprint density at radius 3 is 2.88 bits per heavy atom. The number of allylic oxidation sites excluding steroid dienone is 1.